The third-order valence-electron chi connectivity index (χ3n) is 2.54. The number of nitrogens with two attached hydrogens (primary N) is 1. The van der Waals surface area contributed by atoms with Crippen LogP contribution < -0.4 is 5.73 Å². The predicted molar refractivity (Wildman–Crippen MR) is 71.2 cm³/mol. The minimum Gasteiger partial charge on any atom is -0.397 e. The third kappa shape index (κ3) is 2.54. The van der Waals surface area contributed by atoms with Gasteiger partial charge in [-0.2, -0.15) is 4.98 Å². The van der Waals surface area contributed by atoms with Gasteiger partial charge in [0.05, 0.1) is 5.69 Å². The zero-order chi connectivity index (χ0) is 13.1. The normalized spacial score (nSPS) is 13.1. The fourth-order valence-electron chi connectivity index (χ4n) is 1.68. The Labute approximate surface area is 110 Å². The van der Waals surface area contributed by atoms with Crippen molar-refractivity contribution in [3.63, 3.8) is 0 Å². The molecule has 0 aliphatic heterocycles. The van der Waals surface area contributed by atoms with E-state index in [4.69, 9.17) is 15.0 Å². The summed E-state index contributed by atoms with van der Waals surface area (Å²) < 4.78 is 10.9. The molecule has 2 aromatic rings. The zero-order valence-electron chi connectivity index (χ0n) is 10.7. The van der Waals surface area contributed by atoms with Crippen LogP contribution in [0.5, 0.6) is 0 Å². The van der Waals surface area contributed by atoms with Crippen LogP contribution in [0, 0.1) is 5.92 Å². The number of thiophene rings is 1. The van der Waals surface area contributed by atoms with Gasteiger partial charge in [-0.25, -0.2) is 0 Å². The quantitative estimate of drug-likeness (QED) is 0.901. The van der Waals surface area contributed by atoms with Crippen LogP contribution in [0.25, 0.3) is 10.8 Å². The Morgan fingerprint density at radius 1 is 1.50 bits per heavy atom. The molecule has 0 bridgehead atoms. The van der Waals surface area contributed by atoms with Gasteiger partial charge >= 0.3 is 0 Å². The molecule has 6 heteroatoms. The Kier molecular flexibility index (Phi) is 3.98. The molecule has 2 N–H and O–H groups in total. The minimum absolute atomic E-state index is 0.145. The lowest BCUT2D eigenvalue weighted by atomic mass is 10.1. The molecule has 0 fully saturated rings. The average Bonchev–Trinajstić information content (AvgIpc) is 2.93. The highest BCUT2D eigenvalue weighted by molar-refractivity contribution is 7.14. The van der Waals surface area contributed by atoms with E-state index in [0.717, 1.165) is 4.88 Å². The van der Waals surface area contributed by atoms with Crippen molar-refractivity contribution in [3.05, 3.63) is 17.3 Å². The lowest BCUT2D eigenvalue weighted by Crippen LogP contribution is -2.12. The Morgan fingerprint density at radius 2 is 2.28 bits per heavy atom. The fourth-order valence-corrected chi connectivity index (χ4v) is 2.42. The summed E-state index contributed by atoms with van der Waals surface area (Å²) in [5.74, 6) is 1.33. The first-order valence-electron chi connectivity index (χ1n) is 5.92. The van der Waals surface area contributed by atoms with E-state index in [1.165, 1.54) is 11.3 Å². The third-order valence-corrected chi connectivity index (χ3v) is 3.46. The number of anilines is 1. The van der Waals surface area contributed by atoms with Crippen molar-refractivity contribution < 1.29 is 9.26 Å². The molecule has 0 spiro atoms. The van der Waals surface area contributed by atoms with Crippen molar-refractivity contribution in [2.45, 2.75) is 26.9 Å². The highest BCUT2D eigenvalue weighted by Crippen LogP contribution is 2.32. The van der Waals surface area contributed by atoms with E-state index in [1.54, 1.807) is 0 Å². The molecule has 0 saturated carbocycles. The van der Waals surface area contributed by atoms with Crippen LogP contribution in [0.15, 0.2) is 16.0 Å². The first kappa shape index (κ1) is 13.0. The maximum atomic E-state index is 5.83. The Hall–Kier alpha value is -1.40. The molecular formula is C12H17N3O2S. The van der Waals surface area contributed by atoms with Crippen LogP contribution in [-0.2, 0) is 4.74 Å². The molecule has 98 valence electrons. The van der Waals surface area contributed by atoms with E-state index in [1.807, 2.05) is 18.4 Å². The van der Waals surface area contributed by atoms with Crippen LogP contribution in [0.3, 0.4) is 0 Å². The molecular weight excluding hydrogens is 250 g/mol. The lowest BCUT2D eigenvalue weighted by Gasteiger charge is -2.16. The van der Waals surface area contributed by atoms with Crippen LogP contribution in [0.4, 0.5) is 5.69 Å². The summed E-state index contributed by atoms with van der Waals surface area (Å²) in [4.78, 5) is 5.19. The summed E-state index contributed by atoms with van der Waals surface area (Å²) in [6, 6.07) is 1.83. The number of ether oxygens (including phenoxy) is 1. The summed E-state index contributed by atoms with van der Waals surface area (Å²) in [7, 11) is 0. The molecule has 0 amide bonds. The van der Waals surface area contributed by atoms with Crippen LogP contribution in [-0.4, -0.2) is 16.7 Å². The molecule has 0 aliphatic rings. The van der Waals surface area contributed by atoms with Gasteiger partial charge in [-0.3, -0.25) is 0 Å². The van der Waals surface area contributed by atoms with Crippen LogP contribution in [0.2, 0.25) is 0 Å². The minimum atomic E-state index is -0.145. The average molecular weight is 267 g/mol. The van der Waals surface area contributed by atoms with E-state index in [-0.39, 0.29) is 12.0 Å². The van der Waals surface area contributed by atoms with Gasteiger partial charge in [0.1, 0.15) is 11.0 Å². The second-order valence-corrected chi connectivity index (χ2v) is 5.20. The van der Waals surface area contributed by atoms with Gasteiger partial charge < -0.3 is 15.0 Å². The predicted octanol–water partition coefficient (Wildman–Crippen LogP) is 3.11. The second kappa shape index (κ2) is 5.49. The summed E-state index contributed by atoms with van der Waals surface area (Å²) in [6.45, 7) is 6.70. The highest BCUT2D eigenvalue weighted by atomic mass is 32.1. The van der Waals surface area contributed by atoms with Crippen molar-refractivity contribution in [3.8, 4) is 10.8 Å². The number of hydrogen-bond donors (Lipinski definition) is 1. The molecule has 18 heavy (non-hydrogen) atoms. The summed E-state index contributed by atoms with van der Waals surface area (Å²) in [5.41, 5.74) is 6.49. The topological polar surface area (TPSA) is 74.2 Å². The van der Waals surface area contributed by atoms with E-state index in [2.05, 4.69) is 24.0 Å². The molecule has 0 saturated heterocycles. The molecule has 0 aromatic carbocycles. The summed E-state index contributed by atoms with van der Waals surface area (Å²) in [6.07, 6.45) is -0.145. The van der Waals surface area contributed by atoms with Crippen molar-refractivity contribution in [2.75, 3.05) is 12.3 Å². The number of nitrogen functional groups attached to an aromatic ring is 1. The Morgan fingerprint density at radius 3 is 2.83 bits per heavy atom. The van der Waals surface area contributed by atoms with Gasteiger partial charge in [0, 0.05) is 6.61 Å². The molecule has 2 rings (SSSR count). The van der Waals surface area contributed by atoms with Crippen molar-refractivity contribution in [2.24, 2.45) is 5.92 Å². The van der Waals surface area contributed by atoms with Crippen molar-refractivity contribution >= 4 is 17.0 Å². The van der Waals surface area contributed by atoms with E-state index in [0.29, 0.717) is 24.0 Å². The second-order valence-electron chi connectivity index (χ2n) is 4.28. The van der Waals surface area contributed by atoms with E-state index in [9.17, 15) is 0 Å². The zero-order valence-corrected chi connectivity index (χ0v) is 11.5. The first-order chi connectivity index (χ1) is 8.63. The Bertz CT molecular complexity index is 507. The maximum absolute atomic E-state index is 5.83. The molecule has 5 nitrogen and oxygen atoms in total. The SMILES string of the molecule is CCOC(c1noc(-c2sccc2N)n1)C(C)C. The number of hydrogen-bond acceptors (Lipinski definition) is 6. The van der Waals surface area contributed by atoms with Crippen LogP contribution in [0.1, 0.15) is 32.7 Å². The summed E-state index contributed by atoms with van der Waals surface area (Å²) in [5, 5.41) is 5.89. The first-order valence-corrected chi connectivity index (χ1v) is 6.80. The number of aromatic nitrogens is 2. The standard InChI is InChI=1S/C12H17N3O2S/c1-4-16-9(7(2)3)11-14-12(17-15-11)10-8(13)5-6-18-10/h5-7,9H,4,13H2,1-3H3. The fraction of sp³-hybridized carbons (Fsp3) is 0.500. The molecule has 0 aliphatic carbocycles. The molecule has 0 radical (unpaired) electrons. The van der Waals surface area contributed by atoms with Crippen molar-refractivity contribution in [1.29, 1.82) is 0 Å². The van der Waals surface area contributed by atoms with E-state index >= 15 is 0 Å². The molecule has 2 aromatic heterocycles. The molecule has 2 heterocycles. The lowest BCUT2D eigenvalue weighted by molar-refractivity contribution is 0.0217. The highest BCUT2D eigenvalue weighted by Gasteiger charge is 2.23. The van der Waals surface area contributed by atoms with Gasteiger partial charge in [-0.1, -0.05) is 19.0 Å². The smallest absolute Gasteiger partial charge is 0.270 e. The van der Waals surface area contributed by atoms with Crippen molar-refractivity contribution in [1.82, 2.24) is 10.1 Å². The molecule has 1 unspecified atom stereocenters. The van der Waals surface area contributed by atoms with Gasteiger partial charge in [-0.15, -0.1) is 11.3 Å². The van der Waals surface area contributed by atoms with E-state index < -0.39 is 0 Å². The maximum Gasteiger partial charge on any atom is 0.270 e. The summed E-state index contributed by atoms with van der Waals surface area (Å²) >= 11 is 1.49. The Balaban J connectivity index is 2.27. The van der Waals surface area contributed by atoms with Gasteiger partial charge in [0.15, 0.2) is 0 Å². The molecule has 1 atom stereocenters. The van der Waals surface area contributed by atoms with Gasteiger partial charge in [0.2, 0.25) is 5.82 Å². The largest absolute Gasteiger partial charge is 0.397 e. The van der Waals surface area contributed by atoms with Gasteiger partial charge in [-0.05, 0) is 24.3 Å². The monoisotopic (exact) mass is 267 g/mol. The van der Waals surface area contributed by atoms with Crippen LogP contribution >= 0.6 is 11.3 Å². The number of rotatable bonds is 5. The number of nitrogens with zero attached hydrogens (tertiary/aromatic N) is 2. The van der Waals surface area contributed by atoms with Gasteiger partial charge in [0.25, 0.3) is 5.89 Å².